The second kappa shape index (κ2) is 8.66. The van der Waals surface area contributed by atoms with Crippen LogP contribution in [0.3, 0.4) is 0 Å². The van der Waals surface area contributed by atoms with Crippen molar-refractivity contribution in [1.29, 1.82) is 0 Å². The van der Waals surface area contributed by atoms with Crippen LogP contribution in [-0.4, -0.2) is 15.2 Å². The number of nitrogens with zero attached hydrogens (tertiary/aromatic N) is 2. The molecule has 1 N–H and O–H groups in total. The SMILES string of the molecule is OC(c1cccnc1)c1c(-c2ccc(Cl)cc2)noc1COc1ccc(Cl)cc1. The van der Waals surface area contributed by atoms with Crippen LogP contribution >= 0.6 is 23.2 Å². The molecular weight excluding hydrogens is 411 g/mol. The molecule has 0 bridgehead atoms. The van der Waals surface area contributed by atoms with Gasteiger partial charge < -0.3 is 14.4 Å². The van der Waals surface area contributed by atoms with E-state index >= 15 is 0 Å². The Bertz CT molecular complexity index is 1080. The molecular formula is C22H16Cl2N2O3. The number of ether oxygens (including phenoxy) is 1. The van der Waals surface area contributed by atoms with E-state index < -0.39 is 6.10 Å². The van der Waals surface area contributed by atoms with Crippen molar-refractivity contribution in [3.05, 3.63) is 100.0 Å². The second-order valence-electron chi connectivity index (χ2n) is 6.31. The standard InChI is InChI=1S/C22H16Cl2N2O3/c23-16-5-3-14(4-6-16)21-20(22(27)15-2-1-11-25-12-15)19(29-26-21)13-28-18-9-7-17(24)8-10-18/h1-12,22,27H,13H2. The van der Waals surface area contributed by atoms with Crippen molar-refractivity contribution in [3.63, 3.8) is 0 Å². The first kappa shape index (κ1) is 19.5. The number of aliphatic hydroxyl groups is 1. The molecule has 0 amide bonds. The summed E-state index contributed by atoms with van der Waals surface area (Å²) >= 11 is 11.9. The minimum atomic E-state index is -0.982. The Labute approximate surface area is 177 Å². The minimum absolute atomic E-state index is 0.0921. The number of rotatable bonds is 6. The third-order valence-corrected chi connectivity index (χ3v) is 4.88. The van der Waals surface area contributed by atoms with Gasteiger partial charge in [0.25, 0.3) is 0 Å². The van der Waals surface area contributed by atoms with Crippen LogP contribution in [0, 0.1) is 0 Å². The van der Waals surface area contributed by atoms with Gasteiger partial charge >= 0.3 is 0 Å². The van der Waals surface area contributed by atoms with Gasteiger partial charge in [-0.2, -0.15) is 0 Å². The van der Waals surface area contributed by atoms with E-state index in [0.29, 0.717) is 38.4 Å². The van der Waals surface area contributed by atoms with Gasteiger partial charge in [-0.1, -0.05) is 46.6 Å². The highest BCUT2D eigenvalue weighted by Gasteiger charge is 2.26. The fraction of sp³-hybridized carbons (Fsp3) is 0.0909. The Morgan fingerprint density at radius 1 is 0.966 bits per heavy atom. The van der Waals surface area contributed by atoms with Crippen LogP contribution in [-0.2, 0) is 6.61 Å². The lowest BCUT2D eigenvalue weighted by molar-refractivity contribution is 0.205. The maximum atomic E-state index is 11.1. The molecule has 0 saturated heterocycles. The topological polar surface area (TPSA) is 68.4 Å². The van der Waals surface area contributed by atoms with Crippen molar-refractivity contribution in [3.8, 4) is 17.0 Å². The lowest BCUT2D eigenvalue weighted by Gasteiger charge is -2.13. The highest BCUT2D eigenvalue weighted by molar-refractivity contribution is 6.30. The van der Waals surface area contributed by atoms with Crippen molar-refractivity contribution in [2.24, 2.45) is 0 Å². The van der Waals surface area contributed by atoms with Crippen LogP contribution in [0.15, 0.2) is 77.6 Å². The molecule has 2 aromatic heterocycles. The van der Waals surface area contributed by atoms with Crippen molar-refractivity contribution in [2.75, 3.05) is 0 Å². The van der Waals surface area contributed by atoms with Gasteiger partial charge in [-0.3, -0.25) is 4.98 Å². The molecule has 0 fully saturated rings. The van der Waals surface area contributed by atoms with Crippen LogP contribution in [0.5, 0.6) is 5.75 Å². The van der Waals surface area contributed by atoms with E-state index in [2.05, 4.69) is 10.1 Å². The zero-order valence-corrected chi connectivity index (χ0v) is 16.6. The number of aromatic nitrogens is 2. The molecule has 0 radical (unpaired) electrons. The quantitative estimate of drug-likeness (QED) is 0.427. The maximum absolute atomic E-state index is 11.1. The third kappa shape index (κ3) is 4.43. The van der Waals surface area contributed by atoms with E-state index in [1.165, 1.54) is 0 Å². The predicted octanol–water partition coefficient (Wildman–Crippen LogP) is 5.70. The van der Waals surface area contributed by atoms with Gasteiger partial charge in [-0.05, 0) is 42.5 Å². The van der Waals surface area contributed by atoms with Crippen LogP contribution in [0.2, 0.25) is 10.0 Å². The average molecular weight is 427 g/mol. The van der Waals surface area contributed by atoms with E-state index in [1.54, 1.807) is 60.9 Å². The summed E-state index contributed by atoms with van der Waals surface area (Å²) in [6.07, 6.45) is 2.27. The van der Waals surface area contributed by atoms with Gasteiger partial charge in [0.15, 0.2) is 5.76 Å². The van der Waals surface area contributed by atoms with Crippen molar-refractivity contribution >= 4 is 23.2 Å². The Hall–Kier alpha value is -2.86. The Morgan fingerprint density at radius 2 is 1.66 bits per heavy atom. The first-order valence-electron chi connectivity index (χ1n) is 8.82. The molecule has 5 nitrogen and oxygen atoms in total. The van der Waals surface area contributed by atoms with Gasteiger partial charge in [-0.15, -0.1) is 0 Å². The number of pyridine rings is 1. The smallest absolute Gasteiger partial charge is 0.180 e. The maximum Gasteiger partial charge on any atom is 0.180 e. The van der Waals surface area contributed by atoms with Gasteiger partial charge in [0, 0.05) is 33.6 Å². The van der Waals surface area contributed by atoms with E-state index in [-0.39, 0.29) is 6.61 Å². The molecule has 7 heteroatoms. The summed E-state index contributed by atoms with van der Waals surface area (Å²) in [5.74, 6) is 1.04. The van der Waals surface area contributed by atoms with Gasteiger partial charge in [-0.25, -0.2) is 0 Å². The third-order valence-electron chi connectivity index (χ3n) is 4.38. The summed E-state index contributed by atoms with van der Waals surface area (Å²) in [6.45, 7) is 0.0921. The van der Waals surface area contributed by atoms with Crippen molar-refractivity contribution in [1.82, 2.24) is 10.1 Å². The molecule has 4 aromatic rings. The molecule has 0 aliphatic heterocycles. The van der Waals surface area contributed by atoms with E-state index in [4.69, 9.17) is 32.5 Å². The molecule has 0 spiro atoms. The lowest BCUT2D eigenvalue weighted by atomic mass is 9.97. The van der Waals surface area contributed by atoms with Gasteiger partial charge in [0.1, 0.15) is 24.2 Å². The Morgan fingerprint density at radius 3 is 2.31 bits per heavy atom. The molecule has 0 aliphatic carbocycles. The molecule has 4 rings (SSSR count). The van der Waals surface area contributed by atoms with E-state index in [1.807, 2.05) is 12.1 Å². The zero-order chi connectivity index (χ0) is 20.2. The monoisotopic (exact) mass is 426 g/mol. The average Bonchev–Trinajstić information content (AvgIpc) is 3.18. The summed E-state index contributed by atoms with van der Waals surface area (Å²) in [4.78, 5) is 4.09. The zero-order valence-electron chi connectivity index (χ0n) is 15.1. The van der Waals surface area contributed by atoms with Crippen LogP contribution in [0.25, 0.3) is 11.3 Å². The number of aliphatic hydroxyl groups excluding tert-OH is 1. The highest BCUT2D eigenvalue weighted by Crippen LogP contribution is 2.35. The first-order valence-corrected chi connectivity index (χ1v) is 9.58. The molecule has 0 saturated carbocycles. The summed E-state index contributed by atoms with van der Waals surface area (Å²) in [5, 5.41) is 16.5. The van der Waals surface area contributed by atoms with E-state index in [0.717, 1.165) is 5.56 Å². The Balaban J connectivity index is 1.70. The number of benzene rings is 2. The molecule has 1 atom stereocenters. The largest absolute Gasteiger partial charge is 0.486 e. The van der Waals surface area contributed by atoms with E-state index in [9.17, 15) is 5.11 Å². The van der Waals surface area contributed by atoms with Gasteiger partial charge in [0.05, 0.1) is 5.56 Å². The summed E-state index contributed by atoms with van der Waals surface area (Å²) in [6, 6.07) is 17.7. The minimum Gasteiger partial charge on any atom is -0.486 e. The molecule has 0 aliphatic rings. The molecule has 29 heavy (non-hydrogen) atoms. The number of halogens is 2. The predicted molar refractivity (Wildman–Crippen MR) is 111 cm³/mol. The molecule has 2 aromatic carbocycles. The fourth-order valence-electron chi connectivity index (χ4n) is 2.92. The molecule has 2 heterocycles. The van der Waals surface area contributed by atoms with Crippen molar-refractivity contribution < 1.29 is 14.4 Å². The lowest BCUT2D eigenvalue weighted by Crippen LogP contribution is -2.06. The molecule has 1 unspecified atom stereocenters. The Kier molecular flexibility index (Phi) is 5.81. The van der Waals surface area contributed by atoms with Crippen LogP contribution < -0.4 is 4.74 Å². The van der Waals surface area contributed by atoms with Gasteiger partial charge in [0.2, 0.25) is 0 Å². The highest BCUT2D eigenvalue weighted by atomic mass is 35.5. The number of hydrogen-bond donors (Lipinski definition) is 1. The molecule has 146 valence electrons. The fourth-order valence-corrected chi connectivity index (χ4v) is 3.17. The summed E-state index contributed by atoms with van der Waals surface area (Å²) in [7, 11) is 0. The summed E-state index contributed by atoms with van der Waals surface area (Å²) < 4.78 is 11.4. The van der Waals surface area contributed by atoms with Crippen molar-refractivity contribution in [2.45, 2.75) is 12.7 Å². The number of hydrogen-bond acceptors (Lipinski definition) is 5. The van der Waals surface area contributed by atoms with Crippen LogP contribution in [0.1, 0.15) is 23.0 Å². The normalized spacial score (nSPS) is 12.0. The summed E-state index contributed by atoms with van der Waals surface area (Å²) in [5.41, 5.74) is 2.44. The first-order chi connectivity index (χ1) is 14.1. The van der Waals surface area contributed by atoms with Crippen LogP contribution in [0.4, 0.5) is 0 Å². The second-order valence-corrected chi connectivity index (χ2v) is 7.18.